The number of nitrogens with one attached hydrogen (secondary N) is 1. The molecule has 3 atom stereocenters. The molecule has 2 fully saturated rings. The maximum absolute atomic E-state index is 3.54. The zero-order chi connectivity index (χ0) is 10.8. The Labute approximate surface area is 93.8 Å². The molecule has 3 heteroatoms. The molecule has 0 aliphatic carbocycles. The molecule has 2 rings (SSSR count). The lowest BCUT2D eigenvalue weighted by Crippen LogP contribution is -2.39. The van der Waals surface area contributed by atoms with Crippen molar-refractivity contribution in [2.24, 2.45) is 11.8 Å². The summed E-state index contributed by atoms with van der Waals surface area (Å²) >= 11 is 0. The highest BCUT2D eigenvalue weighted by atomic mass is 15.2. The lowest BCUT2D eigenvalue weighted by atomic mass is 9.93. The number of rotatable bonds is 4. The molecule has 0 spiro atoms. The highest BCUT2D eigenvalue weighted by molar-refractivity contribution is 4.97. The summed E-state index contributed by atoms with van der Waals surface area (Å²) in [6.07, 6.45) is 1.32. The third kappa shape index (κ3) is 2.35. The van der Waals surface area contributed by atoms with Gasteiger partial charge in [0.05, 0.1) is 0 Å². The summed E-state index contributed by atoms with van der Waals surface area (Å²) in [4.78, 5) is 5.01. The van der Waals surface area contributed by atoms with Crippen molar-refractivity contribution < 1.29 is 0 Å². The third-order valence-corrected chi connectivity index (χ3v) is 4.08. The number of nitrogens with zero attached hydrogens (tertiary/aromatic N) is 2. The van der Waals surface area contributed by atoms with Gasteiger partial charge in [-0.25, -0.2) is 0 Å². The fourth-order valence-electron chi connectivity index (χ4n) is 3.26. The first kappa shape index (κ1) is 11.4. The van der Waals surface area contributed by atoms with E-state index in [9.17, 15) is 0 Å². The quantitative estimate of drug-likeness (QED) is 0.729. The fraction of sp³-hybridized carbons (Fsp3) is 1.00. The van der Waals surface area contributed by atoms with E-state index in [0.717, 1.165) is 17.9 Å². The normalized spacial score (nSPS) is 36.4. The van der Waals surface area contributed by atoms with Crippen molar-refractivity contribution in [1.29, 1.82) is 0 Å². The van der Waals surface area contributed by atoms with Crippen LogP contribution >= 0.6 is 0 Å². The molecule has 2 saturated heterocycles. The van der Waals surface area contributed by atoms with Crippen LogP contribution in [0, 0.1) is 11.8 Å². The largest absolute Gasteiger partial charge is 0.316 e. The maximum atomic E-state index is 3.54. The van der Waals surface area contributed by atoms with Crippen molar-refractivity contribution in [3.63, 3.8) is 0 Å². The monoisotopic (exact) mass is 211 g/mol. The molecule has 1 N–H and O–H groups in total. The molecule has 0 aromatic carbocycles. The molecular formula is C12H25N3. The Hall–Kier alpha value is -0.120. The van der Waals surface area contributed by atoms with Crippen LogP contribution in [0.1, 0.15) is 13.3 Å². The molecule has 0 amide bonds. The number of likely N-dealkylation sites (N-methyl/N-ethyl adjacent to an activating group) is 1. The Bertz CT molecular complexity index is 205. The lowest BCUT2D eigenvalue weighted by molar-refractivity contribution is 0.198. The molecule has 0 radical (unpaired) electrons. The molecule has 3 nitrogen and oxygen atoms in total. The van der Waals surface area contributed by atoms with Crippen molar-refractivity contribution in [1.82, 2.24) is 15.1 Å². The highest BCUT2D eigenvalue weighted by Gasteiger charge is 2.42. The standard InChI is InChI=1S/C12H25N3/c1-4-12-11-8-13-7-10(11)9-15(12)6-5-14(2)3/h10-13H,4-9H2,1-3H3. The predicted molar refractivity (Wildman–Crippen MR) is 64.1 cm³/mol. The molecular weight excluding hydrogens is 186 g/mol. The van der Waals surface area contributed by atoms with Crippen LogP contribution in [0.3, 0.4) is 0 Å². The zero-order valence-corrected chi connectivity index (χ0v) is 10.4. The maximum Gasteiger partial charge on any atom is 0.0137 e. The topological polar surface area (TPSA) is 18.5 Å². The minimum atomic E-state index is 0.838. The van der Waals surface area contributed by atoms with Gasteiger partial charge in [-0.2, -0.15) is 0 Å². The van der Waals surface area contributed by atoms with Gasteiger partial charge < -0.3 is 10.2 Å². The van der Waals surface area contributed by atoms with Gasteiger partial charge in [-0.05, 0) is 45.4 Å². The molecule has 0 aromatic rings. The van der Waals surface area contributed by atoms with Gasteiger partial charge in [0.25, 0.3) is 0 Å². The van der Waals surface area contributed by atoms with Crippen LogP contribution in [0.5, 0.6) is 0 Å². The van der Waals surface area contributed by atoms with Gasteiger partial charge >= 0.3 is 0 Å². The number of likely N-dealkylation sites (tertiary alicyclic amines) is 1. The number of fused-ring (bicyclic) bond motifs is 1. The zero-order valence-electron chi connectivity index (χ0n) is 10.4. The second kappa shape index (κ2) is 4.81. The van der Waals surface area contributed by atoms with Crippen LogP contribution in [-0.2, 0) is 0 Å². The van der Waals surface area contributed by atoms with E-state index >= 15 is 0 Å². The van der Waals surface area contributed by atoms with E-state index in [1.165, 1.54) is 39.1 Å². The van der Waals surface area contributed by atoms with Crippen molar-refractivity contribution >= 4 is 0 Å². The van der Waals surface area contributed by atoms with E-state index < -0.39 is 0 Å². The average Bonchev–Trinajstić information content (AvgIpc) is 2.72. The Morgan fingerprint density at radius 2 is 2.13 bits per heavy atom. The van der Waals surface area contributed by atoms with Gasteiger partial charge in [0.2, 0.25) is 0 Å². The smallest absolute Gasteiger partial charge is 0.0137 e. The number of hydrogen-bond acceptors (Lipinski definition) is 3. The van der Waals surface area contributed by atoms with Crippen LogP contribution in [-0.4, -0.2) is 62.7 Å². The predicted octanol–water partition coefficient (Wildman–Crippen LogP) is 0.478. The summed E-state index contributed by atoms with van der Waals surface area (Å²) in [5.41, 5.74) is 0. The second-order valence-electron chi connectivity index (χ2n) is 5.36. The number of hydrogen-bond donors (Lipinski definition) is 1. The molecule has 3 unspecified atom stereocenters. The molecule has 0 bridgehead atoms. The van der Waals surface area contributed by atoms with Gasteiger partial charge in [0.1, 0.15) is 0 Å². The van der Waals surface area contributed by atoms with Crippen LogP contribution in [0.2, 0.25) is 0 Å². The Balaban J connectivity index is 1.89. The van der Waals surface area contributed by atoms with Crippen LogP contribution in [0.4, 0.5) is 0 Å². The van der Waals surface area contributed by atoms with Crippen molar-refractivity contribution in [3.8, 4) is 0 Å². The van der Waals surface area contributed by atoms with Crippen molar-refractivity contribution in [2.45, 2.75) is 19.4 Å². The molecule has 0 saturated carbocycles. The van der Waals surface area contributed by atoms with E-state index in [2.05, 4.69) is 36.1 Å². The molecule has 88 valence electrons. The van der Waals surface area contributed by atoms with Gasteiger partial charge in [-0.1, -0.05) is 6.92 Å². The summed E-state index contributed by atoms with van der Waals surface area (Å²) in [5.74, 6) is 1.86. The Morgan fingerprint density at radius 3 is 2.80 bits per heavy atom. The van der Waals surface area contributed by atoms with E-state index in [0.29, 0.717) is 0 Å². The molecule has 0 aromatic heterocycles. The first-order valence-electron chi connectivity index (χ1n) is 6.32. The van der Waals surface area contributed by atoms with Crippen LogP contribution < -0.4 is 5.32 Å². The average molecular weight is 211 g/mol. The summed E-state index contributed by atoms with van der Waals surface area (Å²) in [6, 6.07) is 0.838. The summed E-state index contributed by atoms with van der Waals surface area (Å²) in [7, 11) is 4.33. The summed E-state index contributed by atoms with van der Waals surface area (Å²) in [5, 5.41) is 3.54. The van der Waals surface area contributed by atoms with Gasteiger partial charge in [-0.15, -0.1) is 0 Å². The highest BCUT2D eigenvalue weighted by Crippen LogP contribution is 2.33. The van der Waals surface area contributed by atoms with Crippen LogP contribution in [0.15, 0.2) is 0 Å². The van der Waals surface area contributed by atoms with E-state index in [1.807, 2.05) is 0 Å². The minimum Gasteiger partial charge on any atom is -0.316 e. The van der Waals surface area contributed by atoms with Gasteiger partial charge in [-0.3, -0.25) is 4.90 Å². The fourth-order valence-corrected chi connectivity index (χ4v) is 3.26. The molecule has 2 aliphatic rings. The SMILES string of the molecule is CCC1C2CNCC2CN1CCN(C)C. The van der Waals surface area contributed by atoms with Crippen LogP contribution in [0.25, 0.3) is 0 Å². The second-order valence-corrected chi connectivity index (χ2v) is 5.36. The molecule has 2 aliphatic heterocycles. The molecule has 15 heavy (non-hydrogen) atoms. The van der Waals surface area contributed by atoms with Crippen molar-refractivity contribution in [3.05, 3.63) is 0 Å². The summed E-state index contributed by atoms with van der Waals surface area (Å²) in [6.45, 7) is 8.61. The van der Waals surface area contributed by atoms with E-state index in [-0.39, 0.29) is 0 Å². The van der Waals surface area contributed by atoms with Gasteiger partial charge in [0.15, 0.2) is 0 Å². The minimum absolute atomic E-state index is 0.838. The first-order chi connectivity index (χ1) is 7.22. The summed E-state index contributed by atoms with van der Waals surface area (Å²) < 4.78 is 0. The molecule has 2 heterocycles. The van der Waals surface area contributed by atoms with Crippen molar-refractivity contribution in [2.75, 3.05) is 46.8 Å². The Morgan fingerprint density at radius 1 is 1.33 bits per heavy atom. The lowest BCUT2D eigenvalue weighted by Gasteiger charge is -2.27. The first-order valence-corrected chi connectivity index (χ1v) is 6.32. The Kier molecular flexibility index (Phi) is 3.65. The van der Waals surface area contributed by atoms with E-state index in [1.54, 1.807) is 0 Å². The van der Waals surface area contributed by atoms with Gasteiger partial charge in [0, 0.05) is 25.7 Å². The van der Waals surface area contributed by atoms with E-state index in [4.69, 9.17) is 0 Å². The third-order valence-electron chi connectivity index (χ3n) is 4.08.